The van der Waals surface area contributed by atoms with Crippen molar-refractivity contribution < 1.29 is 34.1 Å². The van der Waals surface area contributed by atoms with Crippen LogP contribution in [0.25, 0.3) is 0 Å². The summed E-state index contributed by atoms with van der Waals surface area (Å²) in [5.41, 5.74) is -1.12. The normalized spacial score (nSPS) is 35.4. The fourth-order valence-corrected chi connectivity index (χ4v) is 5.07. The molecule has 158 valence electrons. The van der Waals surface area contributed by atoms with Crippen molar-refractivity contribution in [3.8, 4) is 0 Å². The zero-order valence-corrected chi connectivity index (χ0v) is 16.9. The standard InChI is InChI=1S/C21H32O7/c1-12(2)10-18(25)28-9-7-16-20(27)19(26)14-11-13(23)4-5-15(14)21(16,3)17(24)6-8-22/h8,12-16,19,23,26H,4-7,9-11H2,1-3H3. The monoisotopic (exact) mass is 396 g/mol. The molecule has 0 spiro atoms. The molecule has 7 nitrogen and oxygen atoms in total. The number of hydrogen-bond donors (Lipinski definition) is 2. The van der Waals surface area contributed by atoms with Crippen molar-refractivity contribution in [2.45, 2.75) is 71.5 Å². The smallest absolute Gasteiger partial charge is 0.306 e. The SMILES string of the molecule is CC(C)CC(=O)OCCC1C(=O)C(O)C2CC(O)CCC2C1(C)C(=O)CC=O. The van der Waals surface area contributed by atoms with E-state index in [0.717, 1.165) is 0 Å². The van der Waals surface area contributed by atoms with Crippen molar-refractivity contribution in [2.75, 3.05) is 6.61 Å². The third-order valence-electron chi connectivity index (χ3n) is 6.52. The number of ether oxygens (including phenoxy) is 1. The van der Waals surface area contributed by atoms with Crippen molar-refractivity contribution in [3.63, 3.8) is 0 Å². The number of rotatable bonds is 8. The Morgan fingerprint density at radius 3 is 2.57 bits per heavy atom. The number of Topliss-reactive ketones (excluding diaryl/α,β-unsaturated/α-hetero) is 2. The van der Waals surface area contributed by atoms with Gasteiger partial charge in [0.15, 0.2) is 5.78 Å². The Morgan fingerprint density at radius 2 is 1.96 bits per heavy atom. The second-order valence-electron chi connectivity index (χ2n) is 8.82. The van der Waals surface area contributed by atoms with Gasteiger partial charge in [-0.15, -0.1) is 0 Å². The summed E-state index contributed by atoms with van der Waals surface area (Å²) in [4.78, 5) is 48.7. The largest absolute Gasteiger partial charge is 0.466 e. The van der Waals surface area contributed by atoms with Crippen LogP contribution in [0, 0.1) is 29.1 Å². The molecule has 6 unspecified atom stereocenters. The van der Waals surface area contributed by atoms with E-state index in [2.05, 4.69) is 0 Å². The summed E-state index contributed by atoms with van der Waals surface area (Å²) in [6.45, 7) is 5.47. The maximum absolute atomic E-state index is 13.0. The number of aldehydes is 1. The van der Waals surface area contributed by atoms with Gasteiger partial charge in [0.05, 0.1) is 19.1 Å². The lowest BCUT2D eigenvalue weighted by atomic mass is 9.50. The maximum atomic E-state index is 13.0. The molecule has 0 saturated heterocycles. The van der Waals surface area contributed by atoms with E-state index < -0.39 is 35.2 Å². The van der Waals surface area contributed by atoms with E-state index in [1.807, 2.05) is 13.8 Å². The highest BCUT2D eigenvalue weighted by Crippen LogP contribution is 2.54. The minimum absolute atomic E-state index is 0.0152. The number of aliphatic hydroxyl groups excluding tert-OH is 2. The third-order valence-corrected chi connectivity index (χ3v) is 6.52. The summed E-state index contributed by atoms with van der Waals surface area (Å²) < 4.78 is 5.23. The lowest BCUT2D eigenvalue weighted by Crippen LogP contribution is -2.60. The quantitative estimate of drug-likeness (QED) is 0.362. The van der Waals surface area contributed by atoms with Gasteiger partial charge < -0.3 is 19.7 Å². The van der Waals surface area contributed by atoms with Crippen molar-refractivity contribution >= 4 is 23.8 Å². The fraction of sp³-hybridized carbons (Fsp3) is 0.810. The molecular weight excluding hydrogens is 364 g/mol. The summed E-state index contributed by atoms with van der Waals surface area (Å²) in [6, 6.07) is 0. The van der Waals surface area contributed by atoms with E-state index in [1.165, 1.54) is 0 Å². The highest BCUT2D eigenvalue weighted by molar-refractivity contribution is 6.00. The second-order valence-corrected chi connectivity index (χ2v) is 8.82. The first kappa shape index (κ1) is 22.7. The first-order chi connectivity index (χ1) is 13.1. The molecule has 2 rings (SSSR count). The lowest BCUT2D eigenvalue weighted by molar-refractivity contribution is -0.172. The molecule has 0 amide bonds. The molecule has 2 fully saturated rings. The molecule has 0 bridgehead atoms. The summed E-state index contributed by atoms with van der Waals surface area (Å²) in [5.74, 6) is -2.62. The van der Waals surface area contributed by atoms with Gasteiger partial charge in [0, 0.05) is 17.8 Å². The van der Waals surface area contributed by atoms with E-state index in [1.54, 1.807) is 6.92 Å². The van der Waals surface area contributed by atoms with E-state index in [0.29, 0.717) is 19.1 Å². The fourth-order valence-electron chi connectivity index (χ4n) is 5.07. The van der Waals surface area contributed by atoms with Gasteiger partial charge in [0.1, 0.15) is 18.2 Å². The molecule has 0 aromatic heterocycles. The van der Waals surface area contributed by atoms with E-state index >= 15 is 0 Å². The zero-order valence-electron chi connectivity index (χ0n) is 16.9. The summed E-state index contributed by atoms with van der Waals surface area (Å²) in [7, 11) is 0. The molecular formula is C21H32O7. The van der Waals surface area contributed by atoms with Crippen LogP contribution in [-0.2, 0) is 23.9 Å². The highest BCUT2D eigenvalue weighted by Gasteiger charge is 2.59. The van der Waals surface area contributed by atoms with Crippen LogP contribution in [0.3, 0.4) is 0 Å². The highest BCUT2D eigenvalue weighted by atomic mass is 16.5. The Kier molecular flexibility index (Phi) is 7.51. The van der Waals surface area contributed by atoms with Crippen LogP contribution in [0.1, 0.15) is 59.3 Å². The molecule has 0 aliphatic heterocycles. The number of esters is 1. The molecule has 28 heavy (non-hydrogen) atoms. The van der Waals surface area contributed by atoms with Gasteiger partial charge in [-0.05, 0) is 43.4 Å². The van der Waals surface area contributed by atoms with Crippen LogP contribution in [0.15, 0.2) is 0 Å². The third kappa shape index (κ3) is 4.51. The van der Waals surface area contributed by atoms with Gasteiger partial charge >= 0.3 is 5.97 Å². The van der Waals surface area contributed by atoms with Gasteiger partial charge in [0.25, 0.3) is 0 Å². The molecule has 6 atom stereocenters. The first-order valence-corrected chi connectivity index (χ1v) is 10.1. The minimum Gasteiger partial charge on any atom is -0.466 e. The predicted octanol–water partition coefficient (Wildman–Crippen LogP) is 1.47. The molecule has 2 aliphatic rings. The number of aliphatic hydroxyl groups is 2. The van der Waals surface area contributed by atoms with Crippen LogP contribution in [0.4, 0.5) is 0 Å². The Labute approximate surface area is 165 Å². The molecule has 0 aromatic rings. The Bertz CT molecular complexity index is 614. The zero-order chi connectivity index (χ0) is 21.1. The Balaban J connectivity index is 2.24. The number of carbonyl (C=O) groups is 4. The summed E-state index contributed by atoms with van der Waals surface area (Å²) >= 11 is 0. The molecule has 2 saturated carbocycles. The number of hydrogen-bond acceptors (Lipinski definition) is 7. The number of carbonyl (C=O) groups excluding carboxylic acids is 4. The van der Waals surface area contributed by atoms with Gasteiger partial charge in [-0.25, -0.2) is 0 Å². The maximum Gasteiger partial charge on any atom is 0.306 e. The number of fused-ring (bicyclic) bond motifs is 1. The van der Waals surface area contributed by atoms with Gasteiger partial charge in [0.2, 0.25) is 0 Å². The van der Waals surface area contributed by atoms with Crippen molar-refractivity contribution in [1.29, 1.82) is 0 Å². The lowest BCUT2D eigenvalue weighted by Gasteiger charge is -2.53. The van der Waals surface area contributed by atoms with Crippen LogP contribution in [0.2, 0.25) is 0 Å². The minimum atomic E-state index is -1.26. The predicted molar refractivity (Wildman–Crippen MR) is 100 cm³/mol. The van der Waals surface area contributed by atoms with Crippen molar-refractivity contribution in [2.24, 2.45) is 29.1 Å². The Hall–Kier alpha value is -1.60. The molecule has 2 N–H and O–H groups in total. The van der Waals surface area contributed by atoms with Crippen molar-refractivity contribution in [1.82, 2.24) is 0 Å². The molecule has 2 aliphatic carbocycles. The molecule has 0 aromatic carbocycles. The molecule has 7 heteroatoms. The Morgan fingerprint density at radius 1 is 1.29 bits per heavy atom. The van der Waals surface area contributed by atoms with E-state index in [9.17, 15) is 29.4 Å². The second kappa shape index (κ2) is 9.27. The average molecular weight is 396 g/mol. The van der Waals surface area contributed by atoms with Crippen molar-refractivity contribution in [3.05, 3.63) is 0 Å². The molecule has 0 radical (unpaired) electrons. The van der Waals surface area contributed by atoms with E-state index in [4.69, 9.17) is 4.74 Å². The van der Waals surface area contributed by atoms with Crippen LogP contribution < -0.4 is 0 Å². The first-order valence-electron chi connectivity index (χ1n) is 10.1. The number of ketones is 2. The summed E-state index contributed by atoms with van der Waals surface area (Å²) in [6.07, 6.45) is 0.0273. The topological polar surface area (TPSA) is 118 Å². The van der Waals surface area contributed by atoms with Gasteiger partial charge in [-0.1, -0.05) is 20.8 Å². The van der Waals surface area contributed by atoms with Crippen LogP contribution >= 0.6 is 0 Å². The van der Waals surface area contributed by atoms with Gasteiger partial charge in [-0.2, -0.15) is 0 Å². The van der Waals surface area contributed by atoms with Gasteiger partial charge in [-0.3, -0.25) is 14.4 Å². The average Bonchev–Trinajstić information content (AvgIpc) is 2.62. The van der Waals surface area contributed by atoms with Crippen LogP contribution in [0.5, 0.6) is 0 Å². The van der Waals surface area contributed by atoms with Crippen LogP contribution in [-0.4, -0.2) is 52.8 Å². The van der Waals surface area contributed by atoms with E-state index in [-0.39, 0.29) is 55.9 Å². The molecule has 0 heterocycles. The summed E-state index contributed by atoms with van der Waals surface area (Å²) in [5, 5.41) is 20.6.